The molecule has 1 fully saturated rings. The molecule has 1 aliphatic carbocycles. The summed E-state index contributed by atoms with van der Waals surface area (Å²) in [6.45, 7) is 0. The van der Waals surface area contributed by atoms with Crippen LogP contribution in [0.4, 0.5) is 0 Å². The van der Waals surface area contributed by atoms with E-state index in [-0.39, 0.29) is 23.3 Å². The van der Waals surface area contributed by atoms with Gasteiger partial charge >= 0.3 is 5.97 Å². The Morgan fingerprint density at radius 3 is 2.15 bits per heavy atom. The molecular formula is C14H19N3O3. The highest BCUT2D eigenvalue weighted by Gasteiger charge is 2.23. The summed E-state index contributed by atoms with van der Waals surface area (Å²) in [5, 5.41) is 8.76. The molecule has 0 spiro atoms. The summed E-state index contributed by atoms with van der Waals surface area (Å²) in [7, 11) is 1.78. The van der Waals surface area contributed by atoms with Gasteiger partial charge in [0.25, 0.3) is 5.91 Å². The van der Waals surface area contributed by atoms with E-state index in [1.165, 1.54) is 19.0 Å². The number of hydrogen-bond acceptors (Lipinski definition) is 4. The molecule has 0 atom stereocenters. The number of rotatable bonds is 3. The molecule has 0 aliphatic heterocycles. The van der Waals surface area contributed by atoms with Crippen molar-refractivity contribution >= 4 is 11.9 Å². The molecule has 0 saturated heterocycles. The Bertz CT molecular complexity index is 479. The van der Waals surface area contributed by atoms with Gasteiger partial charge in [0.15, 0.2) is 5.69 Å². The second-order valence-electron chi connectivity index (χ2n) is 5.15. The molecule has 0 unspecified atom stereocenters. The average Bonchev–Trinajstić information content (AvgIpc) is 2.75. The smallest absolute Gasteiger partial charge is 0.356 e. The van der Waals surface area contributed by atoms with Crippen molar-refractivity contribution in [3.63, 3.8) is 0 Å². The lowest BCUT2D eigenvalue weighted by Crippen LogP contribution is -2.37. The molecule has 6 nitrogen and oxygen atoms in total. The van der Waals surface area contributed by atoms with Crippen LogP contribution in [0.3, 0.4) is 0 Å². The SMILES string of the molecule is CN(C(=O)c1cnc(C(=O)O)cn1)C1CCCCCC1. The molecule has 1 N–H and O–H groups in total. The fourth-order valence-corrected chi connectivity index (χ4v) is 2.54. The number of hydrogen-bond donors (Lipinski definition) is 1. The number of carbonyl (C=O) groups is 2. The first-order valence-corrected chi connectivity index (χ1v) is 6.92. The van der Waals surface area contributed by atoms with Gasteiger partial charge in [-0.1, -0.05) is 25.7 Å². The second kappa shape index (κ2) is 6.45. The van der Waals surface area contributed by atoms with Crippen molar-refractivity contribution in [1.82, 2.24) is 14.9 Å². The van der Waals surface area contributed by atoms with Gasteiger partial charge in [0.2, 0.25) is 0 Å². The van der Waals surface area contributed by atoms with Gasteiger partial charge in [-0.15, -0.1) is 0 Å². The van der Waals surface area contributed by atoms with Crippen LogP contribution in [-0.4, -0.2) is 44.9 Å². The fourth-order valence-electron chi connectivity index (χ4n) is 2.54. The maximum absolute atomic E-state index is 12.3. The van der Waals surface area contributed by atoms with Crippen molar-refractivity contribution in [3.8, 4) is 0 Å². The minimum absolute atomic E-state index is 0.154. The number of carboxylic acids is 1. The molecule has 0 radical (unpaired) electrons. The Kier molecular flexibility index (Phi) is 4.65. The molecule has 1 amide bonds. The van der Waals surface area contributed by atoms with Gasteiger partial charge in [-0.25, -0.2) is 14.8 Å². The lowest BCUT2D eigenvalue weighted by Gasteiger charge is -2.26. The predicted molar refractivity (Wildman–Crippen MR) is 72.6 cm³/mol. The molecule has 1 saturated carbocycles. The van der Waals surface area contributed by atoms with E-state index in [9.17, 15) is 9.59 Å². The van der Waals surface area contributed by atoms with E-state index < -0.39 is 5.97 Å². The zero-order valence-corrected chi connectivity index (χ0v) is 11.6. The molecule has 2 rings (SSSR count). The van der Waals surface area contributed by atoms with Crippen LogP contribution in [-0.2, 0) is 0 Å². The lowest BCUT2D eigenvalue weighted by molar-refractivity contribution is 0.0680. The first kappa shape index (κ1) is 14.4. The predicted octanol–water partition coefficient (Wildman–Crippen LogP) is 1.97. The van der Waals surface area contributed by atoms with Crippen molar-refractivity contribution in [2.75, 3.05) is 7.05 Å². The number of nitrogens with zero attached hydrogens (tertiary/aromatic N) is 3. The topological polar surface area (TPSA) is 83.4 Å². The van der Waals surface area contributed by atoms with Gasteiger partial charge in [0.05, 0.1) is 12.4 Å². The second-order valence-corrected chi connectivity index (χ2v) is 5.15. The van der Waals surface area contributed by atoms with Crippen LogP contribution < -0.4 is 0 Å². The lowest BCUT2D eigenvalue weighted by atomic mass is 10.1. The molecular weight excluding hydrogens is 258 g/mol. The van der Waals surface area contributed by atoms with Crippen molar-refractivity contribution in [3.05, 3.63) is 23.8 Å². The monoisotopic (exact) mass is 277 g/mol. The zero-order chi connectivity index (χ0) is 14.5. The summed E-state index contributed by atoms with van der Waals surface area (Å²) in [5.74, 6) is -1.34. The number of aromatic nitrogens is 2. The molecule has 1 aromatic heterocycles. The maximum atomic E-state index is 12.3. The largest absolute Gasteiger partial charge is 0.476 e. The Hall–Kier alpha value is -1.98. The van der Waals surface area contributed by atoms with E-state index in [4.69, 9.17) is 5.11 Å². The first-order valence-electron chi connectivity index (χ1n) is 6.92. The van der Waals surface area contributed by atoms with Crippen LogP contribution >= 0.6 is 0 Å². The molecule has 0 aromatic carbocycles. The highest BCUT2D eigenvalue weighted by molar-refractivity contribution is 5.92. The Morgan fingerprint density at radius 1 is 1.10 bits per heavy atom. The number of carbonyl (C=O) groups excluding carboxylic acids is 1. The van der Waals surface area contributed by atoms with E-state index in [0.717, 1.165) is 31.9 Å². The molecule has 108 valence electrons. The van der Waals surface area contributed by atoms with Gasteiger partial charge < -0.3 is 10.0 Å². The van der Waals surface area contributed by atoms with E-state index in [0.29, 0.717) is 0 Å². The van der Waals surface area contributed by atoms with E-state index >= 15 is 0 Å². The number of carboxylic acid groups (broad SMARTS) is 1. The van der Waals surface area contributed by atoms with Gasteiger partial charge in [0, 0.05) is 13.1 Å². The van der Waals surface area contributed by atoms with Crippen LogP contribution in [0.2, 0.25) is 0 Å². The van der Waals surface area contributed by atoms with Crippen LogP contribution in [0.25, 0.3) is 0 Å². The molecule has 6 heteroatoms. The summed E-state index contributed by atoms with van der Waals surface area (Å²) in [6, 6.07) is 0.242. The summed E-state index contributed by atoms with van der Waals surface area (Å²) in [6.07, 6.45) is 9.14. The van der Waals surface area contributed by atoms with Crippen molar-refractivity contribution in [2.45, 2.75) is 44.6 Å². The van der Waals surface area contributed by atoms with Crippen LogP contribution in [0.5, 0.6) is 0 Å². The summed E-state index contributed by atoms with van der Waals surface area (Å²) < 4.78 is 0. The highest BCUT2D eigenvalue weighted by atomic mass is 16.4. The molecule has 1 aromatic rings. The molecule has 1 aliphatic rings. The maximum Gasteiger partial charge on any atom is 0.356 e. The molecule has 0 bridgehead atoms. The summed E-state index contributed by atoms with van der Waals surface area (Å²) in [4.78, 5) is 32.4. The van der Waals surface area contributed by atoms with Gasteiger partial charge in [-0.05, 0) is 12.8 Å². The van der Waals surface area contributed by atoms with Gasteiger partial charge in [-0.2, -0.15) is 0 Å². The Labute approximate surface area is 117 Å². The van der Waals surface area contributed by atoms with Crippen LogP contribution in [0.1, 0.15) is 59.5 Å². The normalized spacial score (nSPS) is 16.4. The zero-order valence-electron chi connectivity index (χ0n) is 11.6. The third-order valence-electron chi connectivity index (χ3n) is 3.78. The van der Waals surface area contributed by atoms with E-state index in [1.807, 2.05) is 0 Å². The minimum Gasteiger partial charge on any atom is -0.476 e. The van der Waals surface area contributed by atoms with E-state index in [1.54, 1.807) is 11.9 Å². The van der Waals surface area contributed by atoms with Crippen molar-refractivity contribution < 1.29 is 14.7 Å². The number of amides is 1. The first-order chi connectivity index (χ1) is 9.59. The number of aromatic carboxylic acids is 1. The van der Waals surface area contributed by atoms with Gasteiger partial charge in [-0.3, -0.25) is 4.79 Å². The molecule has 1 heterocycles. The minimum atomic E-state index is -1.14. The average molecular weight is 277 g/mol. The van der Waals surface area contributed by atoms with Gasteiger partial charge in [0.1, 0.15) is 5.69 Å². The third-order valence-corrected chi connectivity index (χ3v) is 3.78. The van der Waals surface area contributed by atoms with Crippen LogP contribution in [0, 0.1) is 0 Å². The van der Waals surface area contributed by atoms with Crippen molar-refractivity contribution in [1.29, 1.82) is 0 Å². The summed E-state index contributed by atoms with van der Waals surface area (Å²) in [5.41, 5.74) is 0.0421. The van der Waals surface area contributed by atoms with Crippen LogP contribution in [0.15, 0.2) is 12.4 Å². The van der Waals surface area contributed by atoms with E-state index in [2.05, 4.69) is 9.97 Å². The third kappa shape index (κ3) is 3.31. The standard InChI is InChI=1S/C14H19N3O3/c1-17(10-6-4-2-3-5-7-10)13(18)11-8-16-12(9-15-11)14(19)20/h8-10H,2-7H2,1H3,(H,19,20). The summed E-state index contributed by atoms with van der Waals surface area (Å²) >= 11 is 0. The Morgan fingerprint density at radius 2 is 1.65 bits per heavy atom. The fraction of sp³-hybridized carbons (Fsp3) is 0.571. The molecule has 20 heavy (non-hydrogen) atoms. The Balaban J connectivity index is 2.07. The quantitative estimate of drug-likeness (QED) is 0.854. The van der Waals surface area contributed by atoms with Crippen molar-refractivity contribution in [2.24, 2.45) is 0 Å². The highest BCUT2D eigenvalue weighted by Crippen LogP contribution is 2.21.